The molecule has 0 amide bonds. The number of alkyl halides is 3. The summed E-state index contributed by atoms with van der Waals surface area (Å²) in [7, 11) is 1.51. The Kier molecular flexibility index (Phi) is 5.57. The van der Waals surface area contributed by atoms with Crippen molar-refractivity contribution in [2.45, 2.75) is 6.18 Å². The van der Waals surface area contributed by atoms with Gasteiger partial charge < -0.3 is 4.74 Å². The first-order valence-corrected chi connectivity index (χ1v) is 8.55. The maximum absolute atomic E-state index is 14.2. The van der Waals surface area contributed by atoms with Crippen LogP contribution in [0.4, 0.5) is 13.2 Å². The Morgan fingerprint density at radius 1 is 0.741 bits per heavy atom. The van der Waals surface area contributed by atoms with E-state index in [2.05, 4.69) is 0 Å². The van der Waals surface area contributed by atoms with E-state index in [9.17, 15) is 13.2 Å². The fraction of sp³-hybridized carbons (Fsp3) is 0.0909. The summed E-state index contributed by atoms with van der Waals surface area (Å²) in [5.41, 5.74) is 0.374. The first kappa shape index (κ1) is 19.1. The van der Waals surface area contributed by atoms with Gasteiger partial charge in [-0.25, -0.2) is 0 Å². The number of benzene rings is 3. The van der Waals surface area contributed by atoms with Crippen LogP contribution in [-0.4, -0.2) is 13.3 Å². The van der Waals surface area contributed by atoms with Gasteiger partial charge in [0, 0.05) is 10.6 Å². The summed E-state index contributed by atoms with van der Waals surface area (Å²) < 4.78 is 47.6. The zero-order valence-electron chi connectivity index (χ0n) is 14.4. The molecule has 0 radical (unpaired) electrons. The predicted octanol–water partition coefficient (Wildman–Crippen LogP) is 6.87. The minimum Gasteiger partial charge on any atom is -0.497 e. The van der Waals surface area contributed by atoms with Crippen LogP contribution in [0, 0.1) is 0 Å². The quantitative estimate of drug-likeness (QED) is 0.443. The Bertz CT molecular complexity index is 928. The summed E-state index contributed by atoms with van der Waals surface area (Å²) in [5, 5.41) is 0.381. The van der Waals surface area contributed by atoms with E-state index in [0.717, 1.165) is 0 Å². The highest BCUT2D eigenvalue weighted by Gasteiger charge is 2.38. The molecule has 3 aromatic rings. The summed E-state index contributed by atoms with van der Waals surface area (Å²) in [6.45, 7) is 0. The van der Waals surface area contributed by atoms with Gasteiger partial charge in [-0.15, -0.1) is 0 Å². The molecule has 3 aromatic carbocycles. The predicted molar refractivity (Wildman–Crippen MR) is 103 cm³/mol. The lowest BCUT2D eigenvalue weighted by molar-refractivity contribution is -0.0685. The summed E-state index contributed by atoms with van der Waals surface area (Å²) >= 11 is 5.87. The van der Waals surface area contributed by atoms with Crippen molar-refractivity contribution in [2.75, 3.05) is 7.11 Å². The van der Waals surface area contributed by atoms with E-state index in [1.54, 1.807) is 54.6 Å². The lowest BCUT2D eigenvalue weighted by Crippen LogP contribution is -2.14. The van der Waals surface area contributed by atoms with Crippen LogP contribution >= 0.6 is 11.6 Å². The molecule has 1 nitrogen and oxygen atoms in total. The van der Waals surface area contributed by atoms with E-state index in [1.165, 1.54) is 31.4 Å². The molecule has 0 N–H and O–H groups in total. The van der Waals surface area contributed by atoms with Crippen molar-refractivity contribution in [1.29, 1.82) is 0 Å². The molecule has 0 aliphatic carbocycles. The number of methoxy groups -OCH3 is 1. The third-order valence-electron chi connectivity index (χ3n) is 4.11. The molecule has 0 saturated carbocycles. The Morgan fingerprint density at radius 3 is 1.78 bits per heavy atom. The molecule has 0 spiro atoms. The standard InChI is InChI=1S/C22H16ClF3O/c1-27-19-13-9-16(10-14-19)20(15-5-3-2-4-6-15)21(22(24,25)26)17-7-11-18(23)12-8-17/h2-14H,1H3/b21-20-. The minimum absolute atomic E-state index is 0.0570. The van der Waals surface area contributed by atoms with Crippen molar-refractivity contribution < 1.29 is 17.9 Å². The highest BCUT2D eigenvalue weighted by molar-refractivity contribution is 6.30. The van der Waals surface area contributed by atoms with Crippen molar-refractivity contribution in [2.24, 2.45) is 0 Å². The van der Waals surface area contributed by atoms with Gasteiger partial charge >= 0.3 is 6.18 Å². The molecule has 0 unspecified atom stereocenters. The van der Waals surface area contributed by atoms with Gasteiger partial charge in [-0.05, 0) is 41.0 Å². The van der Waals surface area contributed by atoms with E-state index < -0.39 is 11.7 Å². The minimum atomic E-state index is -4.56. The second-order valence-corrected chi connectivity index (χ2v) is 6.29. The fourth-order valence-corrected chi connectivity index (χ4v) is 3.01. The van der Waals surface area contributed by atoms with Crippen molar-refractivity contribution in [3.05, 3.63) is 101 Å². The van der Waals surface area contributed by atoms with Crippen molar-refractivity contribution >= 4 is 22.7 Å². The van der Waals surface area contributed by atoms with Crippen LogP contribution in [0.5, 0.6) is 5.75 Å². The van der Waals surface area contributed by atoms with Crippen molar-refractivity contribution in [3.8, 4) is 5.75 Å². The monoisotopic (exact) mass is 388 g/mol. The summed E-state index contributed by atoms with van der Waals surface area (Å²) in [4.78, 5) is 0. The van der Waals surface area contributed by atoms with Gasteiger partial charge in [0.2, 0.25) is 0 Å². The first-order chi connectivity index (χ1) is 12.9. The lowest BCUT2D eigenvalue weighted by Gasteiger charge is -2.20. The van der Waals surface area contributed by atoms with Crippen LogP contribution in [0.25, 0.3) is 11.1 Å². The Hall–Kier alpha value is -2.72. The maximum Gasteiger partial charge on any atom is 0.417 e. The number of hydrogen-bond acceptors (Lipinski definition) is 1. The van der Waals surface area contributed by atoms with Gasteiger partial charge in [0.25, 0.3) is 0 Å². The van der Waals surface area contributed by atoms with Gasteiger partial charge in [0.1, 0.15) is 5.75 Å². The third-order valence-corrected chi connectivity index (χ3v) is 4.36. The fourth-order valence-electron chi connectivity index (χ4n) is 2.88. The smallest absolute Gasteiger partial charge is 0.417 e. The summed E-state index contributed by atoms with van der Waals surface area (Å²) in [6.07, 6.45) is -4.56. The largest absolute Gasteiger partial charge is 0.497 e. The van der Waals surface area contributed by atoms with Crippen LogP contribution in [0.3, 0.4) is 0 Å². The van der Waals surface area contributed by atoms with Gasteiger partial charge in [-0.2, -0.15) is 13.2 Å². The van der Waals surface area contributed by atoms with Crippen LogP contribution in [0.1, 0.15) is 16.7 Å². The Morgan fingerprint density at radius 2 is 1.26 bits per heavy atom. The zero-order valence-corrected chi connectivity index (χ0v) is 15.2. The molecule has 138 valence electrons. The molecule has 27 heavy (non-hydrogen) atoms. The first-order valence-electron chi connectivity index (χ1n) is 8.17. The Labute approximate surface area is 160 Å². The molecule has 0 saturated heterocycles. The summed E-state index contributed by atoms with van der Waals surface area (Å²) in [5.74, 6) is 0.575. The molecule has 0 bridgehead atoms. The van der Waals surface area contributed by atoms with Crippen molar-refractivity contribution in [1.82, 2.24) is 0 Å². The maximum atomic E-state index is 14.2. The SMILES string of the molecule is COc1ccc(/C(=C(/c2ccc(Cl)cc2)C(F)(F)F)c2ccccc2)cc1. The topological polar surface area (TPSA) is 9.23 Å². The Balaban J connectivity index is 2.34. The van der Waals surface area contributed by atoms with Crippen LogP contribution in [0.15, 0.2) is 78.9 Å². The van der Waals surface area contributed by atoms with Crippen LogP contribution in [0.2, 0.25) is 5.02 Å². The molecule has 0 aliphatic rings. The van der Waals surface area contributed by atoms with E-state index in [4.69, 9.17) is 16.3 Å². The highest BCUT2D eigenvalue weighted by atomic mass is 35.5. The average molecular weight is 389 g/mol. The lowest BCUT2D eigenvalue weighted by atomic mass is 9.89. The molecule has 0 aliphatic heterocycles. The normalized spacial score (nSPS) is 12.5. The molecule has 0 aromatic heterocycles. The average Bonchev–Trinajstić information content (AvgIpc) is 2.67. The number of ether oxygens (including phenoxy) is 1. The van der Waals surface area contributed by atoms with Gasteiger partial charge in [0.15, 0.2) is 0 Å². The van der Waals surface area contributed by atoms with Gasteiger partial charge in [0.05, 0.1) is 12.7 Å². The van der Waals surface area contributed by atoms with Crippen molar-refractivity contribution in [3.63, 3.8) is 0 Å². The second kappa shape index (κ2) is 7.89. The number of hydrogen-bond donors (Lipinski definition) is 0. The molecule has 0 atom stereocenters. The van der Waals surface area contributed by atoms with Crippen LogP contribution in [-0.2, 0) is 0 Å². The molecule has 3 rings (SSSR count). The second-order valence-electron chi connectivity index (χ2n) is 5.85. The molecule has 5 heteroatoms. The van der Waals surface area contributed by atoms with E-state index >= 15 is 0 Å². The molecular weight excluding hydrogens is 373 g/mol. The number of rotatable bonds is 4. The molecular formula is C22H16ClF3O. The highest BCUT2D eigenvalue weighted by Crippen LogP contribution is 2.43. The summed E-state index contributed by atoms with van der Waals surface area (Å²) in [6, 6.07) is 20.8. The van der Waals surface area contributed by atoms with E-state index in [1.807, 2.05) is 0 Å². The molecule has 0 heterocycles. The number of allylic oxidation sites excluding steroid dienone is 1. The zero-order chi connectivity index (χ0) is 19.4. The van der Waals surface area contributed by atoms with E-state index in [0.29, 0.717) is 21.9 Å². The van der Waals surface area contributed by atoms with Gasteiger partial charge in [-0.1, -0.05) is 66.2 Å². The van der Waals surface area contributed by atoms with E-state index in [-0.39, 0.29) is 11.1 Å². The third kappa shape index (κ3) is 4.34. The molecule has 0 fully saturated rings. The number of halogens is 4. The van der Waals surface area contributed by atoms with Crippen LogP contribution < -0.4 is 4.74 Å². The van der Waals surface area contributed by atoms with Gasteiger partial charge in [-0.3, -0.25) is 0 Å².